The van der Waals surface area contributed by atoms with Crippen LogP contribution in [0.1, 0.15) is 33.5 Å². The molecule has 3 aromatic rings. The highest BCUT2D eigenvalue weighted by Crippen LogP contribution is 2.29. The average Bonchev–Trinajstić information content (AvgIpc) is 3.32. The number of amidine groups is 1. The Kier molecular flexibility index (Phi) is 7.63. The number of hydrogen-bond acceptors (Lipinski definition) is 3. The van der Waals surface area contributed by atoms with Crippen LogP contribution in [0.25, 0.3) is 0 Å². The minimum Gasteiger partial charge on any atom is -0.291 e. The lowest BCUT2D eigenvalue weighted by molar-refractivity contribution is -0.137. The van der Waals surface area contributed by atoms with Gasteiger partial charge in [-0.05, 0) is 53.6 Å². The van der Waals surface area contributed by atoms with Gasteiger partial charge in [0.2, 0.25) is 5.96 Å². The third-order valence-corrected chi connectivity index (χ3v) is 5.52. The Hall–Kier alpha value is -4.12. The Morgan fingerprint density at radius 2 is 1.76 bits per heavy atom. The first-order valence-electron chi connectivity index (χ1n) is 10.7. The average molecular weight is 534 g/mol. The number of hydrogen-bond donors (Lipinski definition) is 2. The molecule has 0 unspecified atom stereocenters. The van der Waals surface area contributed by atoms with Gasteiger partial charge in [-0.3, -0.25) is 15.5 Å². The number of benzene rings is 3. The molecule has 4 rings (SSSR count). The van der Waals surface area contributed by atoms with Crippen LogP contribution >= 0.6 is 11.6 Å². The maximum atomic E-state index is 13.4. The predicted octanol–water partition coefficient (Wildman–Crippen LogP) is 5.72. The van der Waals surface area contributed by atoms with E-state index in [1.807, 2.05) is 0 Å². The van der Waals surface area contributed by atoms with Gasteiger partial charge >= 0.3 is 6.18 Å². The number of aliphatic imine (C=N–C) groups is 2. The molecule has 6 nitrogen and oxygen atoms in total. The molecular formula is C25H17ClF5N5O. The largest absolute Gasteiger partial charge is 0.416 e. The van der Waals surface area contributed by atoms with Gasteiger partial charge < -0.3 is 0 Å². The van der Waals surface area contributed by atoms with Crippen LogP contribution in [-0.4, -0.2) is 23.4 Å². The van der Waals surface area contributed by atoms with E-state index in [1.54, 1.807) is 12.1 Å². The second-order valence-corrected chi connectivity index (χ2v) is 8.23. The molecule has 1 heterocycles. The van der Waals surface area contributed by atoms with Crippen LogP contribution in [0.15, 0.2) is 81.8 Å². The zero-order valence-corrected chi connectivity index (χ0v) is 19.5. The first kappa shape index (κ1) is 26.0. The van der Waals surface area contributed by atoms with Crippen LogP contribution in [-0.2, 0) is 12.7 Å². The number of hydrazone groups is 1. The number of nitrogens with zero attached hydrogens (tertiary/aromatic N) is 3. The lowest BCUT2D eigenvalue weighted by Crippen LogP contribution is -2.31. The molecular weight excluding hydrogens is 517 g/mol. The fourth-order valence-electron chi connectivity index (χ4n) is 3.29. The normalized spacial score (nSPS) is 14.9. The monoisotopic (exact) mass is 533 g/mol. The molecule has 0 aromatic heterocycles. The van der Waals surface area contributed by atoms with Gasteiger partial charge in [-0.1, -0.05) is 35.9 Å². The molecule has 0 saturated carbocycles. The first-order valence-corrected chi connectivity index (χ1v) is 11.1. The lowest BCUT2D eigenvalue weighted by Gasteiger charge is -2.10. The third-order valence-electron chi connectivity index (χ3n) is 5.16. The molecule has 0 radical (unpaired) electrons. The number of guanidine groups is 1. The van der Waals surface area contributed by atoms with Crippen molar-refractivity contribution in [3.8, 4) is 0 Å². The van der Waals surface area contributed by atoms with Crippen molar-refractivity contribution in [2.45, 2.75) is 19.1 Å². The number of halogens is 6. The van der Waals surface area contributed by atoms with E-state index in [-0.39, 0.29) is 35.3 Å². The Balaban J connectivity index is 1.58. The van der Waals surface area contributed by atoms with Crippen molar-refractivity contribution in [1.82, 2.24) is 10.7 Å². The molecule has 0 bridgehead atoms. The summed E-state index contributed by atoms with van der Waals surface area (Å²) in [7, 11) is 0. The van der Waals surface area contributed by atoms with Gasteiger partial charge in [0.05, 0.1) is 24.2 Å². The van der Waals surface area contributed by atoms with Crippen LogP contribution in [0, 0.1) is 11.6 Å². The zero-order chi connectivity index (χ0) is 26.6. The molecule has 0 spiro atoms. The summed E-state index contributed by atoms with van der Waals surface area (Å²) in [4.78, 5) is 21.2. The van der Waals surface area contributed by atoms with Crippen molar-refractivity contribution >= 4 is 35.0 Å². The van der Waals surface area contributed by atoms with E-state index < -0.39 is 29.3 Å². The molecule has 0 atom stereocenters. The van der Waals surface area contributed by atoms with E-state index in [9.17, 15) is 26.7 Å². The van der Waals surface area contributed by atoms with Crippen LogP contribution in [0.3, 0.4) is 0 Å². The lowest BCUT2D eigenvalue weighted by atomic mass is 10.1. The first-order chi connectivity index (χ1) is 17.6. The van der Waals surface area contributed by atoms with E-state index >= 15 is 0 Å². The molecule has 0 fully saturated rings. The van der Waals surface area contributed by atoms with Crippen molar-refractivity contribution in [1.29, 1.82) is 0 Å². The number of amides is 1. The summed E-state index contributed by atoms with van der Waals surface area (Å²) in [5.41, 5.74) is 3.06. The number of nitrogens with one attached hydrogen (secondary N) is 2. The summed E-state index contributed by atoms with van der Waals surface area (Å²) >= 11 is 6.05. The Morgan fingerprint density at radius 3 is 2.46 bits per heavy atom. The number of carbonyl (C=O) groups excluding carboxylic acids is 1. The second-order valence-electron chi connectivity index (χ2n) is 7.82. The molecule has 0 saturated heterocycles. The van der Waals surface area contributed by atoms with Gasteiger partial charge in [-0.25, -0.2) is 13.8 Å². The van der Waals surface area contributed by atoms with Gasteiger partial charge in [0.1, 0.15) is 17.5 Å². The third kappa shape index (κ3) is 6.76. The summed E-state index contributed by atoms with van der Waals surface area (Å²) in [6.07, 6.45) is -4.45. The van der Waals surface area contributed by atoms with Crippen molar-refractivity contribution in [2.75, 3.05) is 0 Å². The Labute approximate surface area is 212 Å². The minimum absolute atomic E-state index is 0.0980. The van der Waals surface area contributed by atoms with Crippen LogP contribution < -0.4 is 10.7 Å². The topological polar surface area (TPSA) is 78.2 Å². The van der Waals surface area contributed by atoms with Crippen LogP contribution in [0.4, 0.5) is 22.0 Å². The quantitative estimate of drug-likeness (QED) is 0.256. The fourth-order valence-corrected chi connectivity index (χ4v) is 3.52. The maximum Gasteiger partial charge on any atom is 0.416 e. The maximum absolute atomic E-state index is 13.4. The van der Waals surface area contributed by atoms with Gasteiger partial charge in [-0.15, -0.1) is 0 Å². The molecule has 1 aliphatic heterocycles. The zero-order valence-electron chi connectivity index (χ0n) is 18.8. The van der Waals surface area contributed by atoms with E-state index in [4.69, 9.17) is 11.6 Å². The fraction of sp³-hybridized carbons (Fsp3) is 0.120. The van der Waals surface area contributed by atoms with E-state index in [0.717, 1.165) is 18.2 Å². The van der Waals surface area contributed by atoms with Crippen molar-refractivity contribution < 1.29 is 26.7 Å². The molecule has 37 heavy (non-hydrogen) atoms. The molecule has 12 heteroatoms. The minimum atomic E-state index is -4.63. The smallest absolute Gasteiger partial charge is 0.291 e. The molecule has 0 aliphatic carbocycles. The molecule has 3 aromatic carbocycles. The highest BCUT2D eigenvalue weighted by atomic mass is 35.5. The van der Waals surface area contributed by atoms with Gasteiger partial charge in [0, 0.05) is 10.6 Å². The Bertz CT molecular complexity index is 1420. The highest BCUT2D eigenvalue weighted by molar-refractivity contribution is 6.31. The number of alkyl halides is 3. The summed E-state index contributed by atoms with van der Waals surface area (Å²) in [5.74, 6) is -1.79. The molecule has 2 N–H and O–H groups in total. The van der Waals surface area contributed by atoms with Crippen molar-refractivity contribution in [3.63, 3.8) is 0 Å². The van der Waals surface area contributed by atoms with Gasteiger partial charge in [0.25, 0.3) is 5.91 Å². The van der Waals surface area contributed by atoms with E-state index in [2.05, 4.69) is 25.8 Å². The van der Waals surface area contributed by atoms with Gasteiger partial charge in [-0.2, -0.15) is 23.3 Å². The summed E-state index contributed by atoms with van der Waals surface area (Å²) in [6, 6.07) is 13.2. The standard InChI is InChI=1S/C25H17ClF5N5O/c26-20-11-19(28)9-6-16(20)13-32-24(34-23(37)15-2-1-3-17(10-15)25(29,30)31)33-22-12-21(35-36-22)14-4-7-18(27)8-5-14/h1-11H,12-13H2,(H2,32,33,34,36,37). The van der Waals surface area contributed by atoms with Crippen molar-refractivity contribution in [2.24, 2.45) is 15.1 Å². The van der Waals surface area contributed by atoms with Crippen molar-refractivity contribution in [3.05, 3.63) is 106 Å². The highest BCUT2D eigenvalue weighted by Gasteiger charge is 2.31. The summed E-state index contributed by atoms with van der Waals surface area (Å²) < 4.78 is 65.8. The molecule has 190 valence electrons. The summed E-state index contributed by atoms with van der Waals surface area (Å²) in [6.45, 7) is -0.111. The molecule has 1 amide bonds. The van der Waals surface area contributed by atoms with Crippen LogP contribution in [0.5, 0.6) is 0 Å². The SMILES string of the molecule is O=C(NC(N=C1CC(c2ccc(F)cc2)=NN1)=NCc1ccc(F)cc1Cl)c1cccc(C(F)(F)F)c1. The van der Waals surface area contributed by atoms with Gasteiger partial charge in [0.15, 0.2) is 0 Å². The molecule has 1 aliphatic rings. The predicted molar refractivity (Wildman–Crippen MR) is 130 cm³/mol. The number of carbonyl (C=O) groups is 1. The van der Waals surface area contributed by atoms with E-state index in [1.165, 1.54) is 30.3 Å². The second kappa shape index (κ2) is 10.9. The van der Waals surface area contributed by atoms with E-state index in [0.29, 0.717) is 22.9 Å². The van der Waals surface area contributed by atoms with Crippen LogP contribution in [0.2, 0.25) is 5.02 Å². The Morgan fingerprint density at radius 1 is 1.03 bits per heavy atom. The summed E-state index contributed by atoms with van der Waals surface area (Å²) in [5, 5.41) is 6.64. The number of rotatable bonds is 4.